The van der Waals surface area contributed by atoms with E-state index in [4.69, 9.17) is 16.3 Å². The minimum Gasteiger partial charge on any atom is -0.388 e. The summed E-state index contributed by atoms with van der Waals surface area (Å²) in [6.07, 6.45) is -0.352. The van der Waals surface area contributed by atoms with Crippen molar-refractivity contribution in [2.45, 2.75) is 80.4 Å². The molecule has 7 nitrogen and oxygen atoms in total. The number of aliphatic hydroxyl groups is 3. The molecule has 9 atom stereocenters. The summed E-state index contributed by atoms with van der Waals surface area (Å²) in [6, 6.07) is -1.01. The Morgan fingerprint density at radius 1 is 1.23 bits per heavy atom. The fourth-order valence-electron chi connectivity index (χ4n) is 3.51. The van der Waals surface area contributed by atoms with Crippen molar-refractivity contribution in [1.29, 1.82) is 0 Å². The van der Waals surface area contributed by atoms with Crippen molar-refractivity contribution >= 4 is 29.3 Å². The van der Waals surface area contributed by atoms with Gasteiger partial charge in [0.25, 0.3) is 0 Å². The average Bonchev–Trinajstić information content (AvgIpc) is 2.82. The molecule has 1 amide bonds. The fraction of sp³-hybridized carbons (Fsp3) is 0.941. The van der Waals surface area contributed by atoms with Crippen LogP contribution in [0.4, 0.5) is 0 Å². The molecule has 5 N–H and O–H groups in total. The van der Waals surface area contributed by atoms with Crippen LogP contribution in [0.2, 0.25) is 0 Å². The zero-order valence-corrected chi connectivity index (χ0v) is 17.0. The Balaban J connectivity index is 2.08. The van der Waals surface area contributed by atoms with Gasteiger partial charge in [-0.05, 0) is 44.9 Å². The number of alkyl halides is 1. The van der Waals surface area contributed by atoms with Crippen LogP contribution in [0.1, 0.15) is 33.1 Å². The molecule has 0 radical (unpaired) electrons. The highest BCUT2D eigenvalue weighted by molar-refractivity contribution is 7.99. The normalized spacial score (nSPS) is 41.1. The molecular weight excluding hydrogens is 380 g/mol. The summed E-state index contributed by atoms with van der Waals surface area (Å²) in [4.78, 5) is 12.7. The van der Waals surface area contributed by atoms with Gasteiger partial charge in [-0.25, -0.2) is 0 Å². The Bertz CT molecular complexity index is 470. The molecule has 152 valence electrons. The van der Waals surface area contributed by atoms with Crippen LogP contribution in [0.3, 0.4) is 0 Å². The second kappa shape index (κ2) is 9.91. The number of halogens is 1. The van der Waals surface area contributed by atoms with Gasteiger partial charge in [0.05, 0.1) is 17.5 Å². The lowest BCUT2D eigenvalue weighted by molar-refractivity contribution is -0.205. The van der Waals surface area contributed by atoms with Gasteiger partial charge in [-0.1, -0.05) is 6.92 Å². The molecule has 0 aliphatic carbocycles. The second-order valence-corrected chi connectivity index (χ2v) is 8.99. The van der Waals surface area contributed by atoms with E-state index in [2.05, 4.69) is 17.6 Å². The lowest BCUT2D eigenvalue weighted by Crippen LogP contribution is -2.65. The molecule has 2 aliphatic rings. The highest BCUT2D eigenvalue weighted by Crippen LogP contribution is 2.30. The van der Waals surface area contributed by atoms with Crippen molar-refractivity contribution in [3.05, 3.63) is 0 Å². The lowest BCUT2D eigenvalue weighted by Gasteiger charge is -2.44. The predicted molar refractivity (Wildman–Crippen MR) is 102 cm³/mol. The largest absolute Gasteiger partial charge is 0.388 e. The first-order chi connectivity index (χ1) is 12.3. The van der Waals surface area contributed by atoms with Crippen LogP contribution in [0.25, 0.3) is 0 Å². The Kier molecular flexibility index (Phi) is 8.46. The van der Waals surface area contributed by atoms with Crippen LogP contribution >= 0.6 is 23.4 Å². The van der Waals surface area contributed by atoms with E-state index in [0.717, 1.165) is 25.8 Å². The highest BCUT2D eigenvalue weighted by Gasteiger charge is 2.48. The SMILES string of the molecule is CS[C@H]1O[C@H](C(NC(=O)C2CCC(C)CCN2)C(C)Cl)[C@H](O)[C@H](O)[C@H]1O. The first-order valence-electron chi connectivity index (χ1n) is 9.16. The summed E-state index contributed by atoms with van der Waals surface area (Å²) in [6.45, 7) is 4.66. The molecule has 2 saturated heterocycles. The summed E-state index contributed by atoms with van der Waals surface area (Å²) in [5.41, 5.74) is -0.704. The molecule has 0 aromatic heterocycles. The van der Waals surface area contributed by atoms with Gasteiger partial charge in [-0.15, -0.1) is 23.4 Å². The molecule has 0 spiro atoms. The number of carbonyl (C=O) groups excluding carboxylic acids is 1. The molecule has 2 heterocycles. The van der Waals surface area contributed by atoms with Gasteiger partial charge >= 0.3 is 0 Å². The first kappa shape index (κ1) is 22.2. The Morgan fingerprint density at radius 2 is 1.92 bits per heavy atom. The van der Waals surface area contributed by atoms with Crippen molar-refractivity contribution in [2.24, 2.45) is 5.92 Å². The summed E-state index contributed by atoms with van der Waals surface area (Å²) in [5.74, 6) is 0.388. The molecule has 0 saturated carbocycles. The topological polar surface area (TPSA) is 111 Å². The van der Waals surface area contributed by atoms with E-state index >= 15 is 0 Å². The average molecular weight is 411 g/mol. The summed E-state index contributed by atoms with van der Waals surface area (Å²) in [5, 5.41) is 36.1. The quantitative estimate of drug-likeness (QED) is 0.407. The van der Waals surface area contributed by atoms with Gasteiger partial charge in [0.15, 0.2) is 0 Å². The smallest absolute Gasteiger partial charge is 0.237 e. The van der Waals surface area contributed by atoms with Gasteiger partial charge in [0, 0.05) is 0 Å². The molecular formula is C17H31ClN2O5S. The number of carbonyl (C=O) groups is 1. The van der Waals surface area contributed by atoms with Crippen molar-refractivity contribution in [3.8, 4) is 0 Å². The summed E-state index contributed by atoms with van der Waals surface area (Å²) in [7, 11) is 0. The molecule has 4 unspecified atom stereocenters. The molecule has 0 bridgehead atoms. The number of rotatable bonds is 5. The van der Waals surface area contributed by atoms with Crippen molar-refractivity contribution < 1.29 is 24.9 Å². The highest BCUT2D eigenvalue weighted by atomic mass is 35.5. The minimum atomic E-state index is -1.36. The standard InChI is InChI=1S/C17H31ClN2O5S/c1-8-4-5-10(19-7-6-8)16(24)20-11(9(2)18)15-13(22)12(21)14(23)17(25-15)26-3/h8-15,17,19,21-23H,4-7H2,1-3H3,(H,20,24)/t8?,9?,10?,11?,12-,13+,14+,15+,17+/m0/s1. The van der Waals surface area contributed by atoms with Gasteiger partial charge < -0.3 is 30.7 Å². The van der Waals surface area contributed by atoms with Crippen LogP contribution in [0.5, 0.6) is 0 Å². The van der Waals surface area contributed by atoms with E-state index in [9.17, 15) is 20.1 Å². The van der Waals surface area contributed by atoms with Crippen LogP contribution < -0.4 is 10.6 Å². The molecule has 0 aromatic carbocycles. The molecule has 2 aliphatic heterocycles. The van der Waals surface area contributed by atoms with Crippen LogP contribution in [0, 0.1) is 5.92 Å². The van der Waals surface area contributed by atoms with Gasteiger partial charge in [0.2, 0.25) is 5.91 Å². The molecule has 0 aromatic rings. The number of nitrogens with one attached hydrogen (secondary N) is 2. The van der Waals surface area contributed by atoms with Crippen molar-refractivity contribution in [1.82, 2.24) is 10.6 Å². The van der Waals surface area contributed by atoms with Crippen LogP contribution in [-0.4, -0.2) is 81.3 Å². The third-order valence-corrected chi connectivity index (χ3v) is 6.42. The zero-order chi connectivity index (χ0) is 19.4. The fourth-order valence-corrected chi connectivity index (χ4v) is 4.40. The van der Waals surface area contributed by atoms with E-state index < -0.39 is 41.3 Å². The van der Waals surface area contributed by atoms with E-state index in [1.807, 2.05) is 0 Å². The Morgan fingerprint density at radius 3 is 2.54 bits per heavy atom. The first-order valence-corrected chi connectivity index (χ1v) is 10.9. The number of hydrogen-bond acceptors (Lipinski definition) is 7. The van der Waals surface area contributed by atoms with E-state index in [0.29, 0.717) is 5.92 Å². The van der Waals surface area contributed by atoms with Crippen LogP contribution in [-0.2, 0) is 9.53 Å². The molecule has 2 rings (SSSR count). The predicted octanol–water partition coefficient (Wildman–Crippen LogP) is 0.0473. The summed E-state index contributed by atoms with van der Waals surface area (Å²) >= 11 is 7.51. The van der Waals surface area contributed by atoms with E-state index in [1.165, 1.54) is 11.8 Å². The van der Waals surface area contributed by atoms with Crippen molar-refractivity contribution in [2.75, 3.05) is 12.8 Å². The van der Waals surface area contributed by atoms with E-state index in [-0.39, 0.29) is 11.9 Å². The van der Waals surface area contributed by atoms with E-state index in [1.54, 1.807) is 13.2 Å². The minimum absolute atomic E-state index is 0.186. The summed E-state index contributed by atoms with van der Waals surface area (Å²) < 4.78 is 5.77. The zero-order valence-electron chi connectivity index (χ0n) is 15.5. The number of aliphatic hydroxyl groups excluding tert-OH is 3. The Labute approximate surface area is 164 Å². The Hall–Kier alpha value is -0.0900. The molecule has 9 heteroatoms. The van der Waals surface area contributed by atoms with Gasteiger partial charge in [-0.3, -0.25) is 4.79 Å². The monoisotopic (exact) mass is 410 g/mol. The number of ether oxygens (including phenoxy) is 1. The van der Waals surface area contributed by atoms with Crippen LogP contribution in [0.15, 0.2) is 0 Å². The van der Waals surface area contributed by atoms with Crippen molar-refractivity contribution in [3.63, 3.8) is 0 Å². The second-order valence-electron chi connectivity index (χ2n) is 7.37. The number of thioether (sulfide) groups is 1. The number of hydrogen-bond donors (Lipinski definition) is 5. The maximum absolute atomic E-state index is 12.7. The lowest BCUT2D eigenvalue weighted by atomic mass is 9.92. The third kappa shape index (κ3) is 5.25. The van der Waals surface area contributed by atoms with Gasteiger partial charge in [0.1, 0.15) is 29.9 Å². The number of amides is 1. The van der Waals surface area contributed by atoms with Gasteiger partial charge in [-0.2, -0.15) is 0 Å². The maximum Gasteiger partial charge on any atom is 0.237 e. The molecule has 26 heavy (non-hydrogen) atoms. The molecule has 2 fully saturated rings. The third-order valence-electron chi connectivity index (χ3n) is 5.29. The maximum atomic E-state index is 12.7.